The summed E-state index contributed by atoms with van der Waals surface area (Å²) in [5.41, 5.74) is 9.18. The van der Waals surface area contributed by atoms with Crippen LogP contribution in [0.1, 0.15) is 42.2 Å². The highest BCUT2D eigenvalue weighted by Gasteiger charge is 2.28. The summed E-state index contributed by atoms with van der Waals surface area (Å²) in [5.74, 6) is 0. The zero-order valence-corrected chi connectivity index (χ0v) is 22.1. The molecule has 5 heterocycles. The quantitative estimate of drug-likeness (QED) is 0.289. The minimum absolute atomic E-state index is 0.129. The Bertz CT molecular complexity index is 1860. The fraction of sp³-hybridized carbons (Fsp3) is 0.200. The van der Waals surface area contributed by atoms with E-state index in [1.807, 2.05) is 24.3 Å². The maximum atomic E-state index is 13.0. The average Bonchev–Trinajstić information content (AvgIpc) is 3.59. The van der Waals surface area contributed by atoms with Crippen molar-refractivity contribution in [2.75, 3.05) is 6.26 Å². The fourth-order valence-corrected chi connectivity index (χ4v) is 6.13. The molecule has 0 aliphatic carbocycles. The van der Waals surface area contributed by atoms with Gasteiger partial charge in [-0.05, 0) is 61.0 Å². The largest absolute Gasteiger partial charge is 0.355 e. The van der Waals surface area contributed by atoms with Gasteiger partial charge in [0.2, 0.25) is 0 Å². The van der Waals surface area contributed by atoms with Crippen LogP contribution in [0.25, 0.3) is 45.3 Å². The molecule has 8 bridgehead atoms. The molecule has 2 aliphatic rings. The number of sulfone groups is 1. The van der Waals surface area contributed by atoms with Gasteiger partial charge in [-0.3, -0.25) is 4.98 Å². The molecule has 37 heavy (non-hydrogen) atoms. The third-order valence-electron chi connectivity index (χ3n) is 6.97. The van der Waals surface area contributed by atoms with E-state index < -0.39 is 9.84 Å². The van der Waals surface area contributed by atoms with Crippen molar-refractivity contribution in [2.45, 2.75) is 37.5 Å². The van der Waals surface area contributed by atoms with Crippen LogP contribution in [0.15, 0.2) is 65.6 Å². The smallest absolute Gasteiger partial charge is 0.179 e. The van der Waals surface area contributed by atoms with Crippen molar-refractivity contribution < 1.29 is 8.42 Å². The monoisotopic (exact) mass is 508 g/mol. The van der Waals surface area contributed by atoms with Crippen LogP contribution in [0.3, 0.4) is 0 Å². The van der Waals surface area contributed by atoms with E-state index >= 15 is 0 Å². The number of aryl methyl sites for hydroxylation is 1. The van der Waals surface area contributed by atoms with E-state index in [1.54, 1.807) is 12.1 Å². The molecule has 6 nitrogen and oxygen atoms in total. The van der Waals surface area contributed by atoms with Crippen molar-refractivity contribution in [1.29, 1.82) is 0 Å². The Kier molecular flexibility index (Phi) is 5.24. The minimum Gasteiger partial charge on any atom is -0.355 e. The summed E-state index contributed by atoms with van der Waals surface area (Å²) < 4.78 is 26.0. The SMILES string of the molecule is Cc1ccc(-c2c3nc(c(S(C)(=O)=O)c4ccc(cc5nc(cc6ccc2[nH]6)C(C)(C)C5)[nH]4)C=C3)cc1. The van der Waals surface area contributed by atoms with Crippen molar-refractivity contribution in [3.05, 3.63) is 89.0 Å². The van der Waals surface area contributed by atoms with E-state index in [-0.39, 0.29) is 10.3 Å². The van der Waals surface area contributed by atoms with Crippen LogP contribution in [-0.2, 0) is 21.7 Å². The Morgan fingerprint density at radius 3 is 2.19 bits per heavy atom. The van der Waals surface area contributed by atoms with Crippen LogP contribution in [0.2, 0.25) is 0 Å². The van der Waals surface area contributed by atoms with Gasteiger partial charge in [-0.2, -0.15) is 0 Å². The first-order chi connectivity index (χ1) is 17.6. The lowest BCUT2D eigenvalue weighted by molar-refractivity contribution is 0.543. The molecule has 0 amide bonds. The maximum absolute atomic E-state index is 13.0. The van der Waals surface area contributed by atoms with Crippen molar-refractivity contribution in [2.24, 2.45) is 0 Å². The Balaban J connectivity index is 1.79. The van der Waals surface area contributed by atoms with E-state index in [4.69, 9.17) is 9.97 Å². The van der Waals surface area contributed by atoms with E-state index in [0.717, 1.165) is 51.0 Å². The van der Waals surface area contributed by atoms with Gasteiger partial charge in [0.15, 0.2) is 9.84 Å². The van der Waals surface area contributed by atoms with Crippen LogP contribution in [-0.4, -0.2) is 34.6 Å². The van der Waals surface area contributed by atoms with Crippen molar-refractivity contribution in [3.63, 3.8) is 0 Å². The number of fused-ring (bicyclic) bond motifs is 8. The third kappa shape index (κ3) is 4.29. The molecule has 3 aromatic heterocycles. The van der Waals surface area contributed by atoms with Gasteiger partial charge in [0.1, 0.15) is 4.90 Å². The predicted molar refractivity (Wildman–Crippen MR) is 150 cm³/mol. The zero-order chi connectivity index (χ0) is 25.9. The number of rotatable bonds is 2. The standard InChI is InChI=1S/C30H28N4O2S/c1-18-5-7-19(8-6-18)28-23-11-9-21(31-23)16-27-30(2,3)17-22(33-27)15-20-10-12-25(32-20)29(37(4,35)36)26-14-13-24(28)34-26/h5-16,31-32H,17H2,1-4H3. The number of nitrogens with one attached hydrogen (secondary N) is 2. The van der Waals surface area contributed by atoms with E-state index in [0.29, 0.717) is 16.9 Å². The van der Waals surface area contributed by atoms with Gasteiger partial charge in [0.05, 0.1) is 16.9 Å². The van der Waals surface area contributed by atoms with Gasteiger partial charge in [0.25, 0.3) is 0 Å². The van der Waals surface area contributed by atoms with Gasteiger partial charge >= 0.3 is 0 Å². The molecule has 1 aromatic carbocycles. The molecule has 186 valence electrons. The molecule has 4 aromatic rings. The summed E-state index contributed by atoms with van der Waals surface area (Å²) in [6.45, 7) is 6.44. The lowest BCUT2D eigenvalue weighted by atomic mass is 9.87. The highest BCUT2D eigenvalue weighted by Crippen LogP contribution is 2.34. The summed E-state index contributed by atoms with van der Waals surface area (Å²) in [5, 5.41) is 0. The molecule has 7 heteroatoms. The predicted octanol–water partition coefficient (Wildman–Crippen LogP) is 6.38. The van der Waals surface area contributed by atoms with Crippen LogP contribution >= 0.6 is 0 Å². The number of hydrogen-bond acceptors (Lipinski definition) is 4. The molecule has 0 radical (unpaired) electrons. The number of benzene rings is 1. The molecular formula is C30H28N4O2S. The topological polar surface area (TPSA) is 91.5 Å². The number of nitrogens with zero attached hydrogens (tertiary/aromatic N) is 2. The molecule has 2 aliphatic heterocycles. The van der Waals surface area contributed by atoms with E-state index in [9.17, 15) is 8.42 Å². The highest BCUT2D eigenvalue weighted by atomic mass is 32.2. The number of hydrogen-bond donors (Lipinski definition) is 2. The van der Waals surface area contributed by atoms with Gasteiger partial charge in [0, 0.05) is 51.6 Å². The Morgan fingerprint density at radius 1 is 0.811 bits per heavy atom. The summed E-state index contributed by atoms with van der Waals surface area (Å²) in [4.78, 5) is 16.8. The number of aromatic nitrogens is 4. The first-order valence-electron chi connectivity index (χ1n) is 12.3. The van der Waals surface area contributed by atoms with Crippen LogP contribution in [0, 0.1) is 6.92 Å². The van der Waals surface area contributed by atoms with Crippen LogP contribution < -0.4 is 0 Å². The Morgan fingerprint density at radius 2 is 1.46 bits per heavy atom. The molecule has 6 rings (SSSR count). The Labute approximate surface area is 216 Å². The average molecular weight is 509 g/mol. The van der Waals surface area contributed by atoms with E-state index in [2.05, 4.69) is 67.1 Å². The molecule has 0 atom stereocenters. The van der Waals surface area contributed by atoms with Gasteiger partial charge < -0.3 is 9.97 Å². The molecule has 0 unspecified atom stereocenters. The van der Waals surface area contributed by atoms with Gasteiger partial charge in [-0.25, -0.2) is 13.4 Å². The summed E-state index contributed by atoms with van der Waals surface area (Å²) in [6.07, 6.45) is 5.68. The van der Waals surface area contributed by atoms with Crippen molar-refractivity contribution in [3.8, 4) is 11.1 Å². The molecule has 0 saturated carbocycles. The van der Waals surface area contributed by atoms with Gasteiger partial charge in [-0.15, -0.1) is 0 Å². The summed E-state index contributed by atoms with van der Waals surface area (Å²) >= 11 is 0. The zero-order valence-electron chi connectivity index (χ0n) is 21.3. The van der Waals surface area contributed by atoms with Gasteiger partial charge in [-0.1, -0.05) is 43.7 Å². The molecule has 0 fully saturated rings. The first-order valence-corrected chi connectivity index (χ1v) is 14.1. The second-order valence-electron chi connectivity index (χ2n) is 10.6. The number of H-pyrrole nitrogens is 2. The molecule has 0 saturated heterocycles. The second-order valence-corrected chi connectivity index (χ2v) is 12.5. The number of aromatic amines is 2. The second kappa shape index (κ2) is 8.28. The highest BCUT2D eigenvalue weighted by molar-refractivity contribution is 7.91. The minimum atomic E-state index is -3.59. The first kappa shape index (κ1) is 23.4. The summed E-state index contributed by atoms with van der Waals surface area (Å²) in [6, 6.07) is 20.2. The fourth-order valence-electron chi connectivity index (χ4n) is 5.11. The van der Waals surface area contributed by atoms with Crippen LogP contribution in [0.5, 0.6) is 0 Å². The third-order valence-corrected chi connectivity index (χ3v) is 8.14. The molecular weight excluding hydrogens is 480 g/mol. The van der Waals surface area contributed by atoms with Crippen molar-refractivity contribution in [1.82, 2.24) is 19.9 Å². The normalized spacial score (nSPS) is 14.7. The lowest BCUT2D eigenvalue weighted by Gasteiger charge is -2.15. The summed E-state index contributed by atoms with van der Waals surface area (Å²) in [7, 11) is -3.59. The van der Waals surface area contributed by atoms with E-state index in [1.165, 1.54) is 6.26 Å². The Hall–Kier alpha value is -3.97. The maximum Gasteiger partial charge on any atom is 0.179 e. The molecule has 0 spiro atoms. The van der Waals surface area contributed by atoms with Crippen molar-refractivity contribution >= 4 is 44.1 Å². The molecule has 2 N–H and O–H groups in total. The lowest BCUT2D eigenvalue weighted by Crippen LogP contribution is -2.14. The van der Waals surface area contributed by atoms with Crippen LogP contribution in [0.4, 0.5) is 0 Å².